The minimum atomic E-state index is -1.46. The van der Waals surface area contributed by atoms with Gasteiger partial charge in [-0.15, -0.1) is 12.6 Å². The van der Waals surface area contributed by atoms with E-state index in [4.69, 9.17) is 5.73 Å². The van der Waals surface area contributed by atoms with Crippen LogP contribution in [0.5, 0.6) is 0 Å². The van der Waals surface area contributed by atoms with Crippen molar-refractivity contribution in [2.75, 3.05) is 0 Å². The Morgan fingerprint density at radius 2 is 1.88 bits per heavy atom. The third-order valence-corrected chi connectivity index (χ3v) is 3.06. The smallest absolute Gasteiger partial charge is 0.213 e. The molecule has 2 N–H and O–H groups in total. The summed E-state index contributed by atoms with van der Waals surface area (Å²) < 4.78 is 0. The first-order valence-electron chi connectivity index (χ1n) is 5.04. The summed E-state index contributed by atoms with van der Waals surface area (Å²) in [7, 11) is 0. The van der Waals surface area contributed by atoms with Gasteiger partial charge in [-0.25, -0.2) is 0 Å². The summed E-state index contributed by atoms with van der Waals surface area (Å²) in [4.78, 5) is 22.6. The van der Waals surface area contributed by atoms with Gasteiger partial charge in [0.25, 0.3) is 0 Å². The Balaban J connectivity index is 2.72. The van der Waals surface area contributed by atoms with Crippen LogP contribution in [0.2, 0.25) is 0 Å². The van der Waals surface area contributed by atoms with E-state index in [1.807, 2.05) is 30.3 Å². The second kappa shape index (κ2) is 5.27. The molecule has 0 amide bonds. The number of ketones is 1. The lowest BCUT2D eigenvalue weighted by atomic mass is 9.90. The second-order valence-electron chi connectivity index (χ2n) is 3.82. The van der Waals surface area contributed by atoms with Crippen LogP contribution >= 0.6 is 12.6 Å². The standard InChI is InChI=1S/C12H15NO2S/c1-9(14)12(13,11(15)16)8-7-10-5-3-2-4-6-10/h2-6H,7-8,13H2,1H3,(H,15,16). The number of rotatable bonds is 5. The molecule has 0 spiro atoms. The van der Waals surface area contributed by atoms with E-state index in [-0.39, 0.29) is 12.2 Å². The van der Waals surface area contributed by atoms with Crippen molar-refractivity contribution in [3.05, 3.63) is 35.9 Å². The van der Waals surface area contributed by atoms with E-state index in [2.05, 4.69) is 12.6 Å². The highest BCUT2D eigenvalue weighted by Crippen LogP contribution is 2.16. The number of carbonyl (C=O) groups is 2. The van der Waals surface area contributed by atoms with Crippen molar-refractivity contribution in [2.24, 2.45) is 5.73 Å². The van der Waals surface area contributed by atoms with Crippen molar-refractivity contribution in [2.45, 2.75) is 25.3 Å². The number of carbonyl (C=O) groups excluding carboxylic acids is 2. The lowest BCUT2D eigenvalue weighted by Gasteiger charge is -2.22. The molecule has 0 radical (unpaired) electrons. The van der Waals surface area contributed by atoms with Crippen LogP contribution in [0.3, 0.4) is 0 Å². The highest BCUT2D eigenvalue weighted by atomic mass is 32.1. The average molecular weight is 237 g/mol. The summed E-state index contributed by atoms with van der Waals surface area (Å²) in [6, 6.07) is 9.59. The molecule has 0 saturated heterocycles. The van der Waals surface area contributed by atoms with Gasteiger partial charge in [0.2, 0.25) is 5.12 Å². The van der Waals surface area contributed by atoms with Gasteiger partial charge in [-0.2, -0.15) is 0 Å². The van der Waals surface area contributed by atoms with Crippen LogP contribution in [0.15, 0.2) is 30.3 Å². The second-order valence-corrected chi connectivity index (χ2v) is 4.22. The van der Waals surface area contributed by atoms with Crippen molar-refractivity contribution in [3.63, 3.8) is 0 Å². The van der Waals surface area contributed by atoms with Crippen molar-refractivity contribution in [3.8, 4) is 0 Å². The molecular weight excluding hydrogens is 222 g/mol. The Morgan fingerprint density at radius 3 is 2.31 bits per heavy atom. The SMILES string of the molecule is CC(=O)C(N)(CCc1ccccc1)C(=O)S. The van der Waals surface area contributed by atoms with E-state index < -0.39 is 10.7 Å². The number of thiol groups is 1. The first kappa shape index (κ1) is 12.9. The third kappa shape index (κ3) is 2.93. The van der Waals surface area contributed by atoms with E-state index in [9.17, 15) is 9.59 Å². The molecule has 0 aliphatic rings. The van der Waals surface area contributed by atoms with Crippen LogP contribution in [0.25, 0.3) is 0 Å². The van der Waals surface area contributed by atoms with Crippen molar-refractivity contribution in [1.82, 2.24) is 0 Å². The molecule has 1 aromatic rings. The summed E-state index contributed by atoms with van der Waals surface area (Å²) in [5.74, 6) is -0.344. The van der Waals surface area contributed by atoms with Gasteiger partial charge in [-0.1, -0.05) is 30.3 Å². The predicted octanol–water partition coefficient (Wildman–Crippen LogP) is 1.36. The van der Waals surface area contributed by atoms with Gasteiger partial charge >= 0.3 is 0 Å². The van der Waals surface area contributed by atoms with Gasteiger partial charge in [-0.05, 0) is 25.3 Å². The molecular formula is C12H15NO2S. The number of nitrogens with two attached hydrogens (primary N) is 1. The maximum absolute atomic E-state index is 11.3. The number of aryl methyl sites for hydroxylation is 1. The highest BCUT2D eigenvalue weighted by Gasteiger charge is 2.36. The Labute approximate surface area is 100 Å². The van der Waals surface area contributed by atoms with Crippen LogP contribution in [-0.4, -0.2) is 16.4 Å². The van der Waals surface area contributed by atoms with Crippen molar-refractivity contribution >= 4 is 23.5 Å². The number of hydrogen-bond acceptors (Lipinski definition) is 3. The third-order valence-electron chi connectivity index (χ3n) is 2.66. The Hall–Kier alpha value is -1.13. The molecule has 1 atom stereocenters. The summed E-state index contributed by atoms with van der Waals surface area (Å²) >= 11 is 3.68. The Kier molecular flexibility index (Phi) is 4.26. The number of benzene rings is 1. The summed E-state index contributed by atoms with van der Waals surface area (Å²) in [6.07, 6.45) is 0.873. The Morgan fingerprint density at radius 1 is 1.31 bits per heavy atom. The van der Waals surface area contributed by atoms with Gasteiger partial charge in [-0.3, -0.25) is 9.59 Å². The van der Waals surface area contributed by atoms with Gasteiger partial charge in [0.05, 0.1) is 0 Å². The van der Waals surface area contributed by atoms with E-state index >= 15 is 0 Å². The average Bonchev–Trinajstić information content (AvgIpc) is 2.26. The van der Waals surface area contributed by atoms with Crippen LogP contribution < -0.4 is 5.73 Å². The van der Waals surface area contributed by atoms with Crippen molar-refractivity contribution < 1.29 is 9.59 Å². The minimum Gasteiger partial charge on any atom is -0.312 e. The summed E-state index contributed by atoms with van der Waals surface area (Å²) in [5, 5.41) is -0.573. The maximum atomic E-state index is 11.3. The van der Waals surface area contributed by atoms with Gasteiger partial charge in [0, 0.05) is 0 Å². The molecule has 0 bridgehead atoms. The van der Waals surface area contributed by atoms with Crippen LogP contribution in [0.4, 0.5) is 0 Å². The lowest BCUT2D eigenvalue weighted by Crippen LogP contribution is -2.52. The molecule has 0 aliphatic carbocycles. The fourth-order valence-corrected chi connectivity index (χ4v) is 1.69. The first-order chi connectivity index (χ1) is 7.47. The minimum absolute atomic E-state index is 0.286. The Bertz CT molecular complexity index is 375. The molecule has 0 aliphatic heterocycles. The maximum Gasteiger partial charge on any atom is 0.213 e. The highest BCUT2D eigenvalue weighted by molar-refractivity contribution is 7.97. The van der Waals surface area contributed by atoms with Crippen LogP contribution in [-0.2, 0) is 16.0 Å². The molecule has 1 rings (SSSR count). The number of Topliss-reactive ketones (excluding diaryl/α,β-unsaturated/α-hetero) is 1. The zero-order valence-electron chi connectivity index (χ0n) is 9.14. The largest absolute Gasteiger partial charge is 0.312 e. The van der Waals surface area contributed by atoms with E-state index in [0.717, 1.165) is 5.56 Å². The van der Waals surface area contributed by atoms with Gasteiger partial charge in [0.1, 0.15) is 5.54 Å². The first-order valence-corrected chi connectivity index (χ1v) is 5.49. The number of hydrogen-bond donors (Lipinski definition) is 2. The molecule has 0 saturated carbocycles. The molecule has 86 valence electrons. The zero-order valence-corrected chi connectivity index (χ0v) is 10.0. The quantitative estimate of drug-likeness (QED) is 0.600. The predicted molar refractivity (Wildman–Crippen MR) is 66.4 cm³/mol. The van der Waals surface area contributed by atoms with E-state index in [1.54, 1.807) is 0 Å². The molecule has 0 heterocycles. The topological polar surface area (TPSA) is 60.2 Å². The van der Waals surface area contributed by atoms with Crippen molar-refractivity contribution in [1.29, 1.82) is 0 Å². The van der Waals surface area contributed by atoms with Gasteiger partial charge in [0.15, 0.2) is 5.78 Å². The molecule has 1 unspecified atom stereocenters. The lowest BCUT2D eigenvalue weighted by molar-refractivity contribution is -0.129. The van der Waals surface area contributed by atoms with Gasteiger partial charge < -0.3 is 5.73 Å². The molecule has 0 fully saturated rings. The summed E-state index contributed by atoms with van der Waals surface area (Å²) in [6.45, 7) is 1.32. The van der Waals surface area contributed by atoms with E-state index in [1.165, 1.54) is 6.92 Å². The molecule has 16 heavy (non-hydrogen) atoms. The normalized spacial score (nSPS) is 14.2. The van der Waals surface area contributed by atoms with Crippen LogP contribution in [0.1, 0.15) is 18.9 Å². The van der Waals surface area contributed by atoms with E-state index in [0.29, 0.717) is 6.42 Å². The fraction of sp³-hybridized carbons (Fsp3) is 0.333. The fourth-order valence-electron chi connectivity index (χ4n) is 1.42. The monoisotopic (exact) mass is 237 g/mol. The zero-order chi connectivity index (χ0) is 12.2. The summed E-state index contributed by atoms with van der Waals surface area (Å²) in [5.41, 5.74) is 5.35. The molecule has 1 aromatic carbocycles. The van der Waals surface area contributed by atoms with Crippen LogP contribution in [0, 0.1) is 0 Å². The molecule has 4 heteroatoms. The molecule has 0 aromatic heterocycles. The molecule has 3 nitrogen and oxygen atoms in total.